The zero-order chi connectivity index (χ0) is 10.9. The molecule has 0 fully saturated rings. The molecule has 0 aromatic rings. The summed E-state index contributed by atoms with van der Waals surface area (Å²) in [5.74, 6) is 0. The van der Waals surface area contributed by atoms with Crippen LogP contribution in [0.4, 0.5) is 0 Å². The number of methoxy groups -OCH3 is 2. The highest BCUT2D eigenvalue weighted by molar-refractivity contribution is 4.92. The predicted molar refractivity (Wildman–Crippen MR) is 59.5 cm³/mol. The van der Waals surface area contributed by atoms with E-state index in [2.05, 4.69) is 18.8 Å². The van der Waals surface area contributed by atoms with Crippen molar-refractivity contribution in [3.63, 3.8) is 0 Å². The van der Waals surface area contributed by atoms with Gasteiger partial charge in [-0.05, 0) is 11.8 Å². The van der Waals surface area contributed by atoms with Gasteiger partial charge in [-0.2, -0.15) is 0 Å². The first-order valence-electron chi connectivity index (χ1n) is 5.00. The van der Waals surface area contributed by atoms with Crippen LogP contribution in [-0.2, 0) is 9.47 Å². The van der Waals surface area contributed by atoms with Crippen molar-refractivity contribution in [2.75, 3.05) is 40.5 Å². The predicted octanol–water partition coefficient (Wildman–Crippen LogP) is 1.45. The van der Waals surface area contributed by atoms with Crippen LogP contribution in [0.25, 0.3) is 0 Å². The van der Waals surface area contributed by atoms with Crippen LogP contribution in [0.3, 0.4) is 0 Å². The fraction of sp³-hybridized carbons (Fsp3) is 0.818. The SMILES string of the molecule is C=CC(C)(CCOC)CNCCOC. The van der Waals surface area contributed by atoms with E-state index in [0.717, 1.165) is 32.7 Å². The van der Waals surface area contributed by atoms with E-state index >= 15 is 0 Å². The number of nitrogens with one attached hydrogen (secondary N) is 1. The molecule has 84 valence electrons. The second kappa shape index (κ2) is 7.97. The minimum absolute atomic E-state index is 0.115. The lowest BCUT2D eigenvalue weighted by atomic mass is 9.87. The van der Waals surface area contributed by atoms with Gasteiger partial charge in [-0.15, -0.1) is 6.58 Å². The Balaban J connectivity index is 3.68. The Morgan fingerprint density at radius 3 is 2.43 bits per heavy atom. The Labute approximate surface area is 87.5 Å². The normalized spacial score (nSPS) is 15.1. The first-order valence-corrected chi connectivity index (χ1v) is 5.00. The summed E-state index contributed by atoms with van der Waals surface area (Å²) in [6.07, 6.45) is 2.98. The average Bonchev–Trinajstić information content (AvgIpc) is 2.22. The van der Waals surface area contributed by atoms with Gasteiger partial charge in [-0.25, -0.2) is 0 Å². The van der Waals surface area contributed by atoms with Gasteiger partial charge in [0.15, 0.2) is 0 Å². The van der Waals surface area contributed by atoms with Crippen LogP contribution in [0.15, 0.2) is 12.7 Å². The highest BCUT2D eigenvalue weighted by atomic mass is 16.5. The lowest BCUT2D eigenvalue weighted by Gasteiger charge is -2.25. The maximum atomic E-state index is 5.07. The topological polar surface area (TPSA) is 30.5 Å². The number of hydrogen-bond donors (Lipinski definition) is 1. The zero-order valence-corrected chi connectivity index (χ0v) is 9.64. The Morgan fingerprint density at radius 2 is 1.93 bits per heavy atom. The lowest BCUT2D eigenvalue weighted by Crippen LogP contribution is -2.33. The largest absolute Gasteiger partial charge is 0.385 e. The molecule has 3 nitrogen and oxygen atoms in total. The lowest BCUT2D eigenvalue weighted by molar-refractivity contribution is 0.157. The molecule has 14 heavy (non-hydrogen) atoms. The summed E-state index contributed by atoms with van der Waals surface area (Å²) in [7, 11) is 3.43. The molecule has 0 bridgehead atoms. The van der Waals surface area contributed by atoms with E-state index in [0.29, 0.717) is 0 Å². The van der Waals surface area contributed by atoms with Gasteiger partial charge in [0.05, 0.1) is 6.61 Å². The van der Waals surface area contributed by atoms with Gasteiger partial charge in [0.2, 0.25) is 0 Å². The molecule has 0 aromatic carbocycles. The average molecular weight is 201 g/mol. The summed E-state index contributed by atoms with van der Waals surface area (Å²) in [6, 6.07) is 0. The molecule has 1 N–H and O–H groups in total. The second-order valence-corrected chi connectivity index (χ2v) is 3.77. The van der Waals surface area contributed by atoms with Gasteiger partial charge < -0.3 is 14.8 Å². The Morgan fingerprint density at radius 1 is 1.29 bits per heavy atom. The molecule has 3 heteroatoms. The van der Waals surface area contributed by atoms with Crippen LogP contribution >= 0.6 is 0 Å². The van der Waals surface area contributed by atoms with E-state index in [1.807, 2.05) is 6.08 Å². The smallest absolute Gasteiger partial charge is 0.0587 e. The summed E-state index contributed by atoms with van der Waals surface area (Å²) in [6.45, 7) is 9.36. The van der Waals surface area contributed by atoms with Gasteiger partial charge >= 0.3 is 0 Å². The standard InChI is InChI=1S/C11H23NO2/c1-5-11(2,6-8-13-3)10-12-7-9-14-4/h5,12H,1,6-10H2,2-4H3. The molecule has 0 saturated heterocycles. The summed E-state index contributed by atoms with van der Waals surface area (Å²) in [5, 5.41) is 3.33. The van der Waals surface area contributed by atoms with Crippen LogP contribution in [0.2, 0.25) is 0 Å². The molecule has 0 radical (unpaired) electrons. The quantitative estimate of drug-likeness (QED) is 0.452. The molecule has 0 saturated carbocycles. The molecule has 0 heterocycles. The molecule has 1 atom stereocenters. The second-order valence-electron chi connectivity index (χ2n) is 3.77. The van der Waals surface area contributed by atoms with Gasteiger partial charge in [0.25, 0.3) is 0 Å². The van der Waals surface area contributed by atoms with Crippen LogP contribution in [-0.4, -0.2) is 40.5 Å². The minimum Gasteiger partial charge on any atom is -0.385 e. The van der Waals surface area contributed by atoms with Crippen molar-refractivity contribution in [3.05, 3.63) is 12.7 Å². The maximum Gasteiger partial charge on any atom is 0.0587 e. The molecule has 0 spiro atoms. The molecule has 0 aliphatic carbocycles. The summed E-state index contributed by atoms with van der Waals surface area (Å²) < 4.78 is 10.0. The number of rotatable bonds is 9. The fourth-order valence-electron chi connectivity index (χ4n) is 1.15. The Hall–Kier alpha value is -0.380. The first-order chi connectivity index (χ1) is 6.68. The van der Waals surface area contributed by atoms with E-state index in [4.69, 9.17) is 9.47 Å². The third-order valence-corrected chi connectivity index (χ3v) is 2.38. The van der Waals surface area contributed by atoms with Crippen molar-refractivity contribution >= 4 is 0 Å². The maximum absolute atomic E-state index is 5.07. The van der Waals surface area contributed by atoms with E-state index in [-0.39, 0.29) is 5.41 Å². The van der Waals surface area contributed by atoms with Gasteiger partial charge in [0, 0.05) is 33.9 Å². The van der Waals surface area contributed by atoms with Crippen molar-refractivity contribution in [1.29, 1.82) is 0 Å². The molecule has 0 aromatic heterocycles. The van der Waals surface area contributed by atoms with Crippen molar-refractivity contribution in [1.82, 2.24) is 5.32 Å². The highest BCUT2D eigenvalue weighted by Crippen LogP contribution is 2.21. The van der Waals surface area contributed by atoms with E-state index < -0.39 is 0 Å². The molecule has 0 amide bonds. The monoisotopic (exact) mass is 201 g/mol. The van der Waals surface area contributed by atoms with Crippen molar-refractivity contribution in [2.45, 2.75) is 13.3 Å². The van der Waals surface area contributed by atoms with E-state index in [9.17, 15) is 0 Å². The Bertz CT molecular complexity index is 150. The highest BCUT2D eigenvalue weighted by Gasteiger charge is 2.18. The van der Waals surface area contributed by atoms with Crippen LogP contribution in [0.5, 0.6) is 0 Å². The molecule has 0 aliphatic heterocycles. The van der Waals surface area contributed by atoms with Crippen molar-refractivity contribution in [3.8, 4) is 0 Å². The van der Waals surface area contributed by atoms with E-state index in [1.165, 1.54) is 0 Å². The minimum atomic E-state index is 0.115. The van der Waals surface area contributed by atoms with Crippen LogP contribution in [0.1, 0.15) is 13.3 Å². The molecular weight excluding hydrogens is 178 g/mol. The van der Waals surface area contributed by atoms with Gasteiger partial charge in [0.1, 0.15) is 0 Å². The molecular formula is C11H23NO2. The van der Waals surface area contributed by atoms with Crippen molar-refractivity contribution < 1.29 is 9.47 Å². The first kappa shape index (κ1) is 13.6. The van der Waals surface area contributed by atoms with Crippen LogP contribution < -0.4 is 5.32 Å². The zero-order valence-electron chi connectivity index (χ0n) is 9.64. The fourth-order valence-corrected chi connectivity index (χ4v) is 1.15. The third-order valence-electron chi connectivity index (χ3n) is 2.38. The van der Waals surface area contributed by atoms with Crippen molar-refractivity contribution in [2.24, 2.45) is 5.41 Å². The third kappa shape index (κ3) is 6.13. The molecule has 0 rings (SSSR count). The number of ether oxygens (including phenoxy) is 2. The van der Waals surface area contributed by atoms with E-state index in [1.54, 1.807) is 14.2 Å². The molecule has 0 aliphatic rings. The van der Waals surface area contributed by atoms with Gasteiger partial charge in [-0.3, -0.25) is 0 Å². The Kier molecular flexibility index (Phi) is 7.76. The summed E-state index contributed by atoms with van der Waals surface area (Å²) in [4.78, 5) is 0. The summed E-state index contributed by atoms with van der Waals surface area (Å²) in [5.41, 5.74) is 0.115. The van der Waals surface area contributed by atoms with Gasteiger partial charge in [-0.1, -0.05) is 13.0 Å². The molecule has 1 unspecified atom stereocenters. The number of hydrogen-bond acceptors (Lipinski definition) is 3. The van der Waals surface area contributed by atoms with Crippen LogP contribution in [0, 0.1) is 5.41 Å². The summed E-state index contributed by atoms with van der Waals surface area (Å²) >= 11 is 0.